The Hall–Kier alpha value is -1.62. The number of hydrogen-bond donors (Lipinski definition) is 3. The van der Waals surface area contributed by atoms with Crippen molar-refractivity contribution in [2.75, 3.05) is 19.6 Å². The fourth-order valence-electron chi connectivity index (χ4n) is 2.02. The van der Waals surface area contributed by atoms with E-state index in [4.69, 9.17) is 0 Å². The molecule has 5 nitrogen and oxygen atoms in total. The lowest BCUT2D eigenvalue weighted by Crippen LogP contribution is -2.39. The van der Waals surface area contributed by atoms with Crippen LogP contribution in [0, 0.1) is 5.92 Å². The van der Waals surface area contributed by atoms with Gasteiger partial charge in [-0.25, -0.2) is 0 Å². The van der Waals surface area contributed by atoms with Gasteiger partial charge in [0.2, 0.25) is 0 Å². The van der Waals surface area contributed by atoms with Crippen molar-refractivity contribution in [2.24, 2.45) is 5.92 Å². The number of pyridine rings is 1. The van der Waals surface area contributed by atoms with Gasteiger partial charge in [0.25, 0.3) is 5.91 Å². The van der Waals surface area contributed by atoms with Crippen LogP contribution in [0.4, 0.5) is 0 Å². The highest BCUT2D eigenvalue weighted by Crippen LogP contribution is 2.08. The largest absolute Gasteiger partial charge is 0.367 e. The van der Waals surface area contributed by atoms with Crippen LogP contribution in [0.5, 0.6) is 0 Å². The first-order valence-electron chi connectivity index (χ1n) is 5.93. The summed E-state index contributed by atoms with van der Waals surface area (Å²) in [4.78, 5) is 25.9. The molecule has 0 aromatic carbocycles. The van der Waals surface area contributed by atoms with E-state index in [1.807, 2.05) is 0 Å². The zero-order chi connectivity index (χ0) is 12.1. The molecule has 1 aromatic heterocycles. The number of aromatic amines is 1. The Bertz CT molecular complexity index is 435. The van der Waals surface area contributed by atoms with Gasteiger partial charge in [0.15, 0.2) is 5.43 Å². The topological polar surface area (TPSA) is 74.0 Å². The monoisotopic (exact) mass is 235 g/mol. The average molecular weight is 235 g/mol. The van der Waals surface area contributed by atoms with Gasteiger partial charge in [-0.15, -0.1) is 0 Å². The van der Waals surface area contributed by atoms with Gasteiger partial charge in [0.1, 0.15) is 5.56 Å². The molecule has 2 rings (SSSR count). The SMILES string of the molecule is O=C(NCC1CCCNC1)c1c[nH]ccc1=O. The average Bonchev–Trinajstić information content (AvgIpc) is 2.38. The smallest absolute Gasteiger partial charge is 0.256 e. The predicted molar refractivity (Wildman–Crippen MR) is 65.0 cm³/mol. The Morgan fingerprint density at radius 2 is 2.41 bits per heavy atom. The Morgan fingerprint density at radius 3 is 3.12 bits per heavy atom. The maximum Gasteiger partial charge on any atom is 0.256 e. The molecule has 17 heavy (non-hydrogen) atoms. The van der Waals surface area contributed by atoms with Gasteiger partial charge < -0.3 is 15.6 Å². The molecule has 1 atom stereocenters. The molecule has 1 unspecified atom stereocenters. The van der Waals surface area contributed by atoms with Crippen molar-refractivity contribution in [3.63, 3.8) is 0 Å². The number of aromatic nitrogens is 1. The van der Waals surface area contributed by atoms with Crippen molar-refractivity contribution in [1.29, 1.82) is 0 Å². The molecule has 1 aliphatic heterocycles. The van der Waals surface area contributed by atoms with Gasteiger partial charge >= 0.3 is 0 Å². The quantitative estimate of drug-likeness (QED) is 0.696. The van der Waals surface area contributed by atoms with Crippen molar-refractivity contribution in [3.8, 4) is 0 Å². The van der Waals surface area contributed by atoms with Crippen LogP contribution >= 0.6 is 0 Å². The normalized spacial score (nSPS) is 19.9. The van der Waals surface area contributed by atoms with Crippen LogP contribution in [-0.4, -0.2) is 30.5 Å². The molecule has 0 spiro atoms. The number of carbonyl (C=O) groups is 1. The van der Waals surface area contributed by atoms with E-state index in [2.05, 4.69) is 15.6 Å². The second-order valence-corrected chi connectivity index (χ2v) is 4.34. The third-order valence-corrected chi connectivity index (χ3v) is 3.02. The first-order chi connectivity index (χ1) is 8.27. The molecular weight excluding hydrogens is 218 g/mol. The molecule has 0 bridgehead atoms. The molecule has 5 heteroatoms. The summed E-state index contributed by atoms with van der Waals surface area (Å²) in [5, 5.41) is 6.10. The number of carbonyl (C=O) groups excluding carboxylic acids is 1. The number of H-pyrrole nitrogens is 1. The molecule has 0 aliphatic carbocycles. The van der Waals surface area contributed by atoms with Crippen molar-refractivity contribution in [2.45, 2.75) is 12.8 Å². The zero-order valence-corrected chi connectivity index (χ0v) is 9.66. The first-order valence-corrected chi connectivity index (χ1v) is 5.93. The third kappa shape index (κ3) is 3.17. The summed E-state index contributed by atoms with van der Waals surface area (Å²) in [5.74, 6) is 0.174. The summed E-state index contributed by atoms with van der Waals surface area (Å²) in [6.45, 7) is 2.62. The molecule has 1 aromatic rings. The summed E-state index contributed by atoms with van der Waals surface area (Å²) < 4.78 is 0. The predicted octanol–water partition coefficient (Wildman–Crippen LogP) is 0.104. The summed E-state index contributed by atoms with van der Waals surface area (Å²) in [5.41, 5.74) is -0.0701. The van der Waals surface area contributed by atoms with Crippen LogP contribution in [-0.2, 0) is 0 Å². The molecule has 2 heterocycles. The molecule has 1 saturated heterocycles. The number of amides is 1. The number of piperidine rings is 1. The van der Waals surface area contributed by atoms with Crippen LogP contribution in [0.2, 0.25) is 0 Å². The Balaban J connectivity index is 1.89. The van der Waals surface area contributed by atoms with Gasteiger partial charge in [-0.2, -0.15) is 0 Å². The highest BCUT2D eigenvalue weighted by Gasteiger charge is 2.15. The molecule has 0 radical (unpaired) electrons. The second-order valence-electron chi connectivity index (χ2n) is 4.34. The maximum atomic E-state index is 11.8. The molecular formula is C12H17N3O2. The standard InChI is InChI=1S/C12H17N3O2/c16-11-3-5-14-8-10(11)12(17)15-7-9-2-1-4-13-6-9/h3,5,8-9,13H,1-2,4,6-7H2,(H,14,16)(H,15,17). The highest BCUT2D eigenvalue weighted by atomic mass is 16.2. The number of hydrogen-bond acceptors (Lipinski definition) is 3. The van der Waals surface area contributed by atoms with Gasteiger partial charge in [-0.1, -0.05) is 0 Å². The van der Waals surface area contributed by atoms with Crippen LogP contribution in [0.25, 0.3) is 0 Å². The maximum absolute atomic E-state index is 11.8. The van der Waals surface area contributed by atoms with Crippen LogP contribution in [0.1, 0.15) is 23.2 Å². The van der Waals surface area contributed by atoms with E-state index >= 15 is 0 Å². The van der Waals surface area contributed by atoms with Crippen LogP contribution < -0.4 is 16.1 Å². The summed E-state index contributed by atoms with van der Waals surface area (Å²) in [7, 11) is 0. The molecule has 0 saturated carbocycles. The Morgan fingerprint density at radius 1 is 1.53 bits per heavy atom. The molecule has 1 amide bonds. The second kappa shape index (κ2) is 5.63. The first kappa shape index (κ1) is 11.9. The number of rotatable bonds is 3. The van der Waals surface area contributed by atoms with E-state index in [9.17, 15) is 9.59 Å². The van der Waals surface area contributed by atoms with E-state index in [1.165, 1.54) is 18.5 Å². The molecule has 1 aliphatic rings. The highest BCUT2D eigenvalue weighted by molar-refractivity contribution is 5.93. The van der Waals surface area contributed by atoms with Gasteiger partial charge in [-0.05, 0) is 31.8 Å². The van der Waals surface area contributed by atoms with E-state index in [0.29, 0.717) is 12.5 Å². The van der Waals surface area contributed by atoms with Crippen molar-refractivity contribution in [3.05, 3.63) is 34.2 Å². The van der Waals surface area contributed by atoms with Crippen molar-refractivity contribution >= 4 is 5.91 Å². The summed E-state index contributed by atoms with van der Waals surface area (Å²) in [6.07, 6.45) is 5.23. The molecule has 3 N–H and O–H groups in total. The lowest BCUT2D eigenvalue weighted by atomic mass is 10.00. The lowest BCUT2D eigenvalue weighted by molar-refractivity contribution is 0.0943. The zero-order valence-electron chi connectivity index (χ0n) is 9.66. The van der Waals surface area contributed by atoms with Crippen molar-refractivity contribution in [1.82, 2.24) is 15.6 Å². The minimum atomic E-state index is -0.294. The van der Waals surface area contributed by atoms with E-state index < -0.39 is 0 Å². The van der Waals surface area contributed by atoms with Gasteiger partial charge in [-0.3, -0.25) is 9.59 Å². The fraction of sp³-hybridized carbons (Fsp3) is 0.500. The van der Waals surface area contributed by atoms with Crippen molar-refractivity contribution < 1.29 is 4.79 Å². The Labute approximate surface area is 99.6 Å². The van der Waals surface area contributed by atoms with E-state index in [1.54, 1.807) is 0 Å². The summed E-state index contributed by atoms with van der Waals surface area (Å²) >= 11 is 0. The lowest BCUT2D eigenvalue weighted by Gasteiger charge is -2.22. The van der Waals surface area contributed by atoms with Crippen LogP contribution in [0.3, 0.4) is 0 Å². The fourth-order valence-corrected chi connectivity index (χ4v) is 2.02. The van der Waals surface area contributed by atoms with Gasteiger partial charge in [0.05, 0.1) is 0 Å². The van der Waals surface area contributed by atoms with Crippen LogP contribution in [0.15, 0.2) is 23.3 Å². The molecule has 1 fully saturated rings. The summed E-state index contributed by atoms with van der Waals surface area (Å²) in [6, 6.07) is 1.36. The van der Waals surface area contributed by atoms with E-state index in [0.717, 1.165) is 25.9 Å². The third-order valence-electron chi connectivity index (χ3n) is 3.02. The Kier molecular flexibility index (Phi) is 3.93. The minimum Gasteiger partial charge on any atom is -0.367 e. The number of nitrogens with one attached hydrogen (secondary N) is 3. The minimum absolute atomic E-state index is 0.177. The van der Waals surface area contributed by atoms with E-state index in [-0.39, 0.29) is 16.9 Å². The van der Waals surface area contributed by atoms with Gasteiger partial charge in [0, 0.05) is 25.0 Å². The molecule has 92 valence electrons.